The highest BCUT2D eigenvalue weighted by atomic mass is 16.6. The van der Waals surface area contributed by atoms with Crippen LogP contribution in [-0.4, -0.2) is 11.6 Å². The van der Waals surface area contributed by atoms with E-state index in [0.717, 1.165) is 6.42 Å². The maximum Gasteiger partial charge on any atom is 0.338 e. The van der Waals surface area contributed by atoms with Gasteiger partial charge in [0.25, 0.3) is 0 Å². The standard InChI is InChI=1S/C20H30O2/c1-5-15(2)16-11-13-17(14-12-16)19(21)22-20(3,4)18-9-7-6-8-10-18/h11-15,18H,5-10H2,1-4H3. The van der Waals surface area contributed by atoms with Crippen LogP contribution in [0.2, 0.25) is 0 Å². The molecular weight excluding hydrogens is 272 g/mol. The van der Waals surface area contributed by atoms with Crippen LogP contribution >= 0.6 is 0 Å². The average Bonchev–Trinajstić information content (AvgIpc) is 2.54. The smallest absolute Gasteiger partial charge is 0.338 e. The monoisotopic (exact) mass is 302 g/mol. The third-order valence-electron chi connectivity index (χ3n) is 5.27. The second kappa shape index (κ2) is 7.30. The predicted molar refractivity (Wildman–Crippen MR) is 91.2 cm³/mol. The number of benzene rings is 1. The molecule has 1 aromatic rings. The molecule has 2 nitrogen and oxygen atoms in total. The fourth-order valence-electron chi connectivity index (χ4n) is 3.36. The number of carbonyl (C=O) groups is 1. The summed E-state index contributed by atoms with van der Waals surface area (Å²) in [5.74, 6) is 0.833. The van der Waals surface area contributed by atoms with Gasteiger partial charge in [0.15, 0.2) is 0 Å². The van der Waals surface area contributed by atoms with Crippen molar-refractivity contribution < 1.29 is 9.53 Å². The minimum Gasteiger partial charge on any atom is -0.456 e. The number of hydrogen-bond donors (Lipinski definition) is 0. The number of hydrogen-bond acceptors (Lipinski definition) is 2. The molecule has 0 aromatic heterocycles. The highest BCUT2D eigenvalue weighted by molar-refractivity contribution is 5.89. The molecule has 0 saturated heterocycles. The molecule has 0 N–H and O–H groups in total. The van der Waals surface area contributed by atoms with Gasteiger partial charge >= 0.3 is 5.97 Å². The maximum absolute atomic E-state index is 12.4. The summed E-state index contributed by atoms with van der Waals surface area (Å²) in [6.07, 6.45) is 7.29. The van der Waals surface area contributed by atoms with E-state index in [1.54, 1.807) is 0 Å². The Morgan fingerprint density at radius 1 is 1.18 bits per heavy atom. The van der Waals surface area contributed by atoms with Gasteiger partial charge in [0.2, 0.25) is 0 Å². The Labute approximate surface area is 135 Å². The molecule has 0 bridgehead atoms. The van der Waals surface area contributed by atoms with Crippen LogP contribution in [0, 0.1) is 5.92 Å². The zero-order valence-corrected chi connectivity index (χ0v) is 14.5. The molecule has 0 aliphatic heterocycles. The van der Waals surface area contributed by atoms with Crippen molar-refractivity contribution in [1.29, 1.82) is 0 Å². The first-order valence-corrected chi connectivity index (χ1v) is 8.77. The zero-order chi connectivity index (χ0) is 16.2. The second-order valence-electron chi connectivity index (χ2n) is 7.26. The van der Waals surface area contributed by atoms with E-state index >= 15 is 0 Å². The Morgan fingerprint density at radius 3 is 2.32 bits per heavy atom. The molecule has 1 saturated carbocycles. The molecule has 1 fully saturated rings. The fourth-order valence-corrected chi connectivity index (χ4v) is 3.36. The molecule has 22 heavy (non-hydrogen) atoms. The van der Waals surface area contributed by atoms with E-state index in [1.165, 1.54) is 37.7 Å². The third-order valence-corrected chi connectivity index (χ3v) is 5.27. The number of carbonyl (C=O) groups excluding carboxylic acids is 1. The summed E-state index contributed by atoms with van der Waals surface area (Å²) in [6.45, 7) is 8.52. The van der Waals surface area contributed by atoms with E-state index in [9.17, 15) is 4.79 Å². The summed E-state index contributed by atoms with van der Waals surface area (Å²) < 4.78 is 5.85. The van der Waals surface area contributed by atoms with E-state index < -0.39 is 0 Å². The van der Waals surface area contributed by atoms with E-state index in [-0.39, 0.29) is 11.6 Å². The fraction of sp³-hybridized carbons (Fsp3) is 0.650. The lowest BCUT2D eigenvalue weighted by Crippen LogP contribution is -2.37. The van der Waals surface area contributed by atoms with Crippen LogP contribution in [0.4, 0.5) is 0 Å². The van der Waals surface area contributed by atoms with Crippen molar-refractivity contribution in [3.05, 3.63) is 35.4 Å². The van der Waals surface area contributed by atoms with E-state index in [4.69, 9.17) is 4.74 Å². The Hall–Kier alpha value is -1.31. The highest BCUT2D eigenvalue weighted by Gasteiger charge is 2.34. The summed E-state index contributed by atoms with van der Waals surface area (Å²) in [4.78, 5) is 12.4. The lowest BCUT2D eigenvalue weighted by molar-refractivity contribution is -0.0384. The van der Waals surface area contributed by atoms with E-state index in [2.05, 4.69) is 39.8 Å². The van der Waals surface area contributed by atoms with Gasteiger partial charge in [-0.3, -0.25) is 0 Å². The van der Waals surface area contributed by atoms with Crippen LogP contribution in [-0.2, 0) is 4.74 Å². The van der Waals surface area contributed by atoms with Crippen LogP contribution in [0.25, 0.3) is 0 Å². The van der Waals surface area contributed by atoms with Crippen molar-refractivity contribution in [2.75, 3.05) is 0 Å². The Morgan fingerprint density at radius 2 is 1.77 bits per heavy atom. The SMILES string of the molecule is CCC(C)c1ccc(C(=O)OC(C)(C)C2CCCCC2)cc1. The van der Waals surface area contributed by atoms with Gasteiger partial charge in [-0.05, 0) is 62.6 Å². The van der Waals surface area contributed by atoms with Crippen LogP contribution < -0.4 is 0 Å². The minimum atomic E-state index is -0.368. The summed E-state index contributed by atoms with van der Waals surface area (Å²) >= 11 is 0. The largest absolute Gasteiger partial charge is 0.456 e. The van der Waals surface area contributed by atoms with Crippen molar-refractivity contribution in [1.82, 2.24) is 0 Å². The van der Waals surface area contributed by atoms with Crippen LogP contribution in [0.3, 0.4) is 0 Å². The minimum absolute atomic E-state index is 0.189. The first kappa shape index (κ1) is 17.1. The summed E-state index contributed by atoms with van der Waals surface area (Å²) in [5, 5.41) is 0. The first-order valence-electron chi connectivity index (χ1n) is 8.77. The molecule has 0 radical (unpaired) electrons. The molecule has 1 aliphatic carbocycles. The second-order valence-corrected chi connectivity index (χ2v) is 7.26. The Bertz CT molecular complexity index is 481. The van der Waals surface area contributed by atoms with Crippen LogP contribution in [0.5, 0.6) is 0 Å². The van der Waals surface area contributed by atoms with Gasteiger partial charge in [-0.1, -0.05) is 45.2 Å². The third kappa shape index (κ3) is 4.12. The van der Waals surface area contributed by atoms with Gasteiger partial charge in [0, 0.05) is 0 Å². The van der Waals surface area contributed by atoms with Gasteiger partial charge in [0.05, 0.1) is 5.56 Å². The summed E-state index contributed by atoms with van der Waals surface area (Å²) in [5.41, 5.74) is 1.58. The van der Waals surface area contributed by atoms with Crippen molar-refractivity contribution in [2.24, 2.45) is 5.92 Å². The van der Waals surface area contributed by atoms with Crippen molar-refractivity contribution >= 4 is 5.97 Å². The quantitative estimate of drug-likeness (QED) is 0.651. The number of ether oxygens (including phenoxy) is 1. The molecule has 2 heteroatoms. The summed E-state index contributed by atoms with van der Waals surface area (Å²) in [7, 11) is 0. The Kier molecular flexibility index (Phi) is 5.66. The molecule has 1 aromatic carbocycles. The van der Waals surface area contributed by atoms with Crippen LogP contribution in [0.15, 0.2) is 24.3 Å². The molecule has 1 atom stereocenters. The zero-order valence-electron chi connectivity index (χ0n) is 14.5. The topological polar surface area (TPSA) is 26.3 Å². The van der Waals surface area contributed by atoms with Gasteiger partial charge in [-0.2, -0.15) is 0 Å². The number of rotatable bonds is 5. The first-order chi connectivity index (χ1) is 10.4. The van der Waals surface area contributed by atoms with Crippen molar-refractivity contribution in [3.8, 4) is 0 Å². The van der Waals surface area contributed by atoms with E-state index in [0.29, 0.717) is 17.4 Å². The lowest BCUT2D eigenvalue weighted by Gasteiger charge is -2.36. The van der Waals surface area contributed by atoms with E-state index in [1.807, 2.05) is 12.1 Å². The summed E-state index contributed by atoms with van der Waals surface area (Å²) in [6, 6.07) is 7.91. The molecule has 122 valence electrons. The molecule has 1 aliphatic rings. The van der Waals surface area contributed by atoms with Crippen molar-refractivity contribution in [2.45, 2.75) is 77.7 Å². The molecule has 0 amide bonds. The van der Waals surface area contributed by atoms with Gasteiger partial charge in [-0.15, -0.1) is 0 Å². The lowest BCUT2D eigenvalue weighted by atomic mass is 9.79. The number of esters is 1. The molecular formula is C20H30O2. The van der Waals surface area contributed by atoms with Gasteiger partial charge in [0.1, 0.15) is 5.60 Å². The van der Waals surface area contributed by atoms with Crippen LogP contribution in [0.1, 0.15) is 88.1 Å². The molecule has 0 heterocycles. The average molecular weight is 302 g/mol. The molecule has 1 unspecified atom stereocenters. The predicted octanol–water partition coefficient (Wildman–Crippen LogP) is 5.72. The van der Waals surface area contributed by atoms with Gasteiger partial charge < -0.3 is 4.74 Å². The maximum atomic E-state index is 12.4. The molecule has 2 rings (SSSR count). The van der Waals surface area contributed by atoms with Crippen molar-refractivity contribution in [3.63, 3.8) is 0 Å². The normalized spacial score (nSPS) is 18.0. The highest BCUT2D eigenvalue weighted by Crippen LogP contribution is 2.35. The molecule has 0 spiro atoms. The Balaban J connectivity index is 2.01. The van der Waals surface area contributed by atoms with Gasteiger partial charge in [-0.25, -0.2) is 4.79 Å².